The topological polar surface area (TPSA) is 93.8 Å². The predicted molar refractivity (Wildman–Crippen MR) is 43.9 cm³/mol. The zero-order chi connectivity index (χ0) is 9.97. The molecule has 0 spiro atoms. The van der Waals surface area contributed by atoms with Crippen molar-refractivity contribution in [3.63, 3.8) is 0 Å². The lowest BCUT2D eigenvalue weighted by atomic mass is 10.2. The summed E-state index contributed by atoms with van der Waals surface area (Å²) in [6.45, 7) is 0. The summed E-state index contributed by atoms with van der Waals surface area (Å²) in [6, 6.07) is 1.39. The van der Waals surface area contributed by atoms with Gasteiger partial charge < -0.3 is 5.11 Å². The van der Waals surface area contributed by atoms with Crippen LogP contribution in [-0.4, -0.2) is 36.3 Å². The molecule has 2 aromatic rings. The molecule has 2 rings (SSSR count). The summed E-state index contributed by atoms with van der Waals surface area (Å²) in [6.07, 6.45) is 4.10. The molecule has 0 radical (unpaired) electrons. The second kappa shape index (κ2) is 3.21. The normalized spacial score (nSPS) is 10.0. The summed E-state index contributed by atoms with van der Waals surface area (Å²) < 4.78 is 1.25. The lowest BCUT2D eigenvalue weighted by Crippen LogP contribution is -2.06. The maximum atomic E-state index is 10.8. The van der Waals surface area contributed by atoms with Gasteiger partial charge in [0.15, 0.2) is 0 Å². The Morgan fingerprint density at radius 1 is 1.50 bits per heavy atom. The van der Waals surface area contributed by atoms with Crippen LogP contribution in [0.2, 0.25) is 0 Å². The molecule has 0 aliphatic heterocycles. The van der Waals surface area contributed by atoms with Gasteiger partial charge in [-0.2, -0.15) is 4.68 Å². The van der Waals surface area contributed by atoms with Gasteiger partial charge >= 0.3 is 5.97 Å². The van der Waals surface area contributed by atoms with Crippen LogP contribution in [0.1, 0.15) is 10.4 Å². The van der Waals surface area contributed by atoms with Crippen LogP contribution >= 0.6 is 0 Å². The first-order valence-electron chi connectivity index (χ1n) is 3.69. The van der Waals surface area contributed by atoms with Crippen LogP contribution in [0.15, 0.2) is 24.8 Å². The first-order valence-corrected chi connectivity index (χ1v) is 3.69. The Morgan fingerprint density at radius 2 is 2.36 bits per heavy atom. The van der Waals surface area contributed by atoms with Gasteiger partial charge in [0.25, 0.3) is 0 Å². The fraction of sp³-hybridized carbons (Fsp3) is 0. The third-order valence-electron chi connectivity index (χ3n) is 1.63. The second-order valence-corrected chi connectivity index (χ2v) is 2.45. The van der Waals surface area contributed by atoms with Crippen molar-refractivity contribution < 1.29 is 9.90 Å². The molecule has 0 aliphatic rings. The van der Waals surface area contributed by atoms with E-state index in [0.717, 1.165) is 0 Å². The van der Waals surface area contributed by atoms with E-state index in [1.807, 2.05) is 0 Å². The van der Waals surface area contributed by atoms with Gasteiger partial charge in [-0.3, -0.25) is 4.98 Å². The maximum absolute atomic E-state index is 10.8. The minimum Gasteiger partial charge on any atom is -0.478 e. The van der Waals surface area contributed by atoms with E-state index in [4.69, 9.17) is 5.11 Å². The van der Waals surface area contributed by atoms with Gasteiger partial charge in [-0.15, -0.1) is 5.10 Å². The van der Waals surface area contributed by atoms with Gasteiger partial charge in [-0.25, -0.2) is 4.79 Å². The van der Waals surface area contributed by atoms with Crippen LogP contribution in [0, 0.1) is 0 Å². The third kappa shape index (κ3) is 1.30. The largest absolute Gasteiger partial charge is 0.478 e. The van der Waals surface area contributed by atoms with Crippen molar-refractivity contribution in [2.45, 2.75) is 0 Å². The van der Waals surface area contributed by atoms with Crippen LogP contribution in [0.4, 0.5) is 0 Å². The molecule has 0 fully saturated rings. The quantitative estimate of drug-likeness (QED) is 0.703. The Labute approximate surface area is 78.0 Å². The second-order valence-electron chi connectivity index (χ2n) is 2.45. The summed E-state index contributed by atoms with van der Waals surface area (Å²) in [4.78, 5) is 14.6. The Morgan fingerprint density at radius 3 is 3.00 bits per heavy atom. The summed E-state index contributed by atoms with van der Waals surface area (Å²) in [5, 5.41) is 19.3. The van der Waals surface area contributed by atoms with Crippen molar-refractivity contribution in [2.24, 2.45) is 0 Å². The van der Waals surface area contributed by atoms with Crippen molar-refractivity contribution in [1.82, 2.24) is 25.2 Å². The summed E-state index contributed by atoms with van der Waals surface area (Å²) in [5.74, 6) is -1.04. The number of pyridine rings is 1. The molecule has 0 aromatic carbocycles. The van der Waals surface area contributed by atoms with Gasteiger partial charge in [0.1, 0.15) is 12.0 Å². The lowest BCUT2D eigenvalue weighted by molar-refractivity contribution is 0.0696. The molecule has 14 heavy (non-hydrogen) atoms. The first kappa shape index (κ1) is 8.30. The first-order chi connectivity index (χ1) is 6.79. The molecule has 0 amide bonds. The highest BCUT2D eigenvalue weighted by molar-refractivity contribution is 5.91. The van der Waals surface area contributed by atoms with Crippen LogP contribution in [0.3, 0.4) is 0 Å². The van der Waals surface area contributed by atoms with Crippen molar-refractivity contribution in [3.8, 4) is 5.69 Å². The Bertz CT molecular complexity index is 453. The average molecular weight is 191 g/mol. The molecule has 0 bridgehead atoms. The SMILES string of the molecule is O=C(O)c1ccncc1-n1cnnn1. The molecular weight excluding hydrogens is 186 g/mol. The monoisotopic (exact) mass is 191 g/mol. The van der Waals surface area contributed by atoms with Crippen LogP contribution in [0.5, 0.6) is 0 Å². The third-order valence-corrected chi connectivity index (χ3v) is 1.63. The minimum atomic E-state index is -1.04. The van der Waals surface area contributed by atoms with E-state index in [9.17, 15) is 4.79 Å². The molecule has 0 saturated carbocycles. The minimum absolute atomic E-state index is 0.104. The smallest absolute Gasteiger partial charge is 0.338 e. The van der Waals surface area contributed by atoms with Crippen molar-refractivity contribution in [3.05, 3.63) is 30.4 Å². The standard InChI is InChI=1S/C7H5N5O2/c13-7(14)5-1-2-8-3-6(5)12-4-9-10-11-12/h1-4H,(H,13,14). The Kier molecular flexibility index (Phi) is 1.90. The number of rotatable bonds is 2. The lowest BCUT2D eigenvalue weighted by Gasteiger charge is -2.01. The van der Waals surface area contributed by atoms with Gasteiger partial charge in [-0.1, -0.05) is 0 Å². The number of aromatic carboxylic acids is 1. The molecule has 2 heterocycles. The summed E-state index contributed by atoms with van der Waals surface area (Å²) >= 11 is 0. The number of hydrogen-bond donors (Lipinski definition) is 1. The zero-order valence-electron chi connectivity index (χ0n) is 6.90. The highest BCUT2D eigenvalue weighted by Crippen LogP contribution is 2.10. The molecule has 7 heteroatoms. The molecule has 0 aliphatic carbocycles. The predicted octanol–water partition coefficient (Wildman–Crippen LogP) is -0.245. The van der Waals surface area contributed by atoms with Gasteiger partial charge in [0.05, 0.1) is 11.8 Å². The molecule has 1 N–H and O–H groups in total. The van der Waals surface area contributed by atoms with E-state index in [2.05, 4.69) is 20.5 Å². The number of tetrazole rings is 1. The molecule has 2 aromatic heterocycles. The van der Waals surface area contributed by atoms with E-state index in [1.165, 1.54) is 29.5 Å². The van der Waals surface area contributed by atoms with E-state index in [1.54, 1.807) is 0 Å². The molecular formula is C7H5N5O2. The van der Waals surface area contributed by atoms with Crippen molar-refractivity contribution in [2.75, 3.05) is 0 Å². The van der Waals surface area contributed by atoms with E-state index >= 15 is 0 Å². The molecule has 0 unspecified atom stereocenters. The van der Waals surface area contributed by atoms with Gasteiger partial charge in [-0.05, 0) is 16.5 Å². The van der Waals surface area contributed by atoms with E-state index < -0.39 is 5.97 Å². The Balaban J connectivity index is 2.58. The van der Waals surface area contributed by atoms with Crippen LogP contribution < -0.4 is 0 Å². The number of carboxylic acids is 1. The van der Waals surface area contributed by atoms with Gasteiger partial charge in [0.2, 0.25) is 0 Å². The Hall–Kier alpha value is -2.31. The maximum Gasteiger partial charge on any atom is 0.338 e. The number of hydrogen-bond acceptors (Lipinski definition) is 5. The van der Waals surface area contributed by atoms with Crippen LogP contribution in [0.25, 0.3) is 5.69 Å². The number of carboxylic acid groups (broad SMARTS) is 1. The molecule has 7 nitrogen and oxygen atoms in total. The number of aromatic nitrogens is 5. The summed E-state index contributed by atoms with van der Waals surface area (Å²) in [5.41, 5.74) is 0.442. The number of carbonyl (C=O) groups is 1. The van der Waals surface area contributed by atoms with Crippen molar-refractivity contribution in [1.29, 1.82) is 0 Å². The summed E-state index contributed by atoms with van der Waals surface area (Å²) in [7, 11) is 0. The fourth-order valence-corrected chi connectivity index (χ4v) is 1.02. The van der Waals surface area contributed by atoms with Crippen molar-refractivity contribution >= 4 is 5.97 Å². The van der Waals surface area contributed by atoms with E-state index in [0.29, 0.717) is 5.69 Å². The van der Waals surface area contributed by atoms with Crippen LogP contribution in [-0.2, 0) is 0 Å². The zero-order valence-corrected chi connectivity index (χ0v) is 6.90. The van der Waals surface area contributed by atoms with Gasteiger partial charge in [0, 0.05) is 6.20 Å². The number of nitrogens with zero attached hydrogens (tertiary/aromatic N) is 5. The van der Waals surface area contributed by atoms with E-state index in [-0.39, 0.29) is 5.56 Å². The highest BCUT2D eigenvalue weighted by Gasteiger charge is 2.11. The fourth-order valence-electron chi connectivity index (χ4n) is 1.02. The molecule has 0 atom stereocenters. The molecule has 0 saturated heterocycles. The average Bonchev–Trinajstić information content (AvgIpc) is 2.70. The molecule has 70 valence electrons. The highest BCUT2D eigenvalue weighted by atomic mass is 16.4.